The Hall–Kier alpha value is -5.66. The standard InChI is InChI=1S/C42H24O/c1-2-11-28-25(10-1)20-23-36-39-27(18-9-19-38(39)43-42(28)36)26-21-22-35-37(24-26)31-14-5-8-17-34(31)40-32-15-6-3-12-29(32)30-13-4-7-16-33(30)41(35)40/h1-24H. The molecule has 0 aliphatic heterocycles. The van der Waals surface area contributed by atoms with Crippen LogP contribution >= 0.6 is 0 Å². The van der Waals surface area contributed by atoms with Gasteiger partial charge in [0.15, 0.2) is 0 Å². The van der Waals surface area contributed by atoms with Gasteiger partial charge in [-0.1, -0.05) is 127 Å². The first-order chi connectivity index (χ1) is 21.3. The summed E-state index contributed by atoms with van der Waals surface area (Å²) in [5.74, 6) is 0. The first-order valence-electron chi connectivity index (χ1n) is 14.9. The van der Waals surface area contributed by atoms with Crippen molar-refractivity contribution in [3.05, 3.63) is 146 Å². The van der Waals surface area contributed by atoms with Crippen LogP contribution in [0.25, 0.3) is 97.7 Å². The monoisotopic (exact) mass is 544 g/mol. The summed E-state index contributed by atoms with van der Waals surface area (Å²) < 4.78 is 6.53. The summed E-state index contributed by atoms with van der Waals surface area (Å²) in [6, 6.07) is 53.0. The maximum Gasteiger partial charge on any atom is 0.143 e. The van der Waals surface area contributed by atoms with E-state index >= 15 is 0 Å². The number of benzene rings is 9. The van der Waals surface area contributed by atoms with Crippen molar-refractivity contribution >= 4 is 86.6 Å². The van der Waals surface area contributed by atoms with Crippen LogP contribution in [0.2, 0.25) is 0 Å². The second-order valence-corrected chi connectivity index (χ2v) is 11.6. The van der Waals surface area contributed by atoms with Crippen molar-refractivity contribution in [3.8, 4) is 11.1 Å². The molecule has 0 radical (unpaired) electrons. The molecule has 10 rings (SSSR count). The normalized spacial score (nSPS) is 12.2. The topological polar surface area (TPSA) is 13.1 Å². The third-order valence-corrected chi connectivity index (χ3v) is 9.41. The van der Waals surface area contributed by atoms with Gasteiger partial charge >= 0.3 is 0 Å². The highest BCUT2D eigenvalue weighted by atomic mass is 16.3. The van der Waals surface area contributed by atoms with Gasteiger partial charge in [0, 0.05) is 16.2 Å². The van der Waals surface area contributed by atoms with Crippen molar-refractivity contribution < 1.29 is 4.42 Å². The average Bonchev–Trinajstić information content (AvgIpc) is 3.47. The number of hydrogen-bond acceptors (Lipinski definition) is 1. The smallest absolute Gasteiger partial charge is 0.143 e. The van der Waals surface area contributed by atoms with Gasteiger partial charge in [-0.2, -0.15) is 0 Å². The number of hydrogen-bond donors (Lipinski definition) is 0. The molecular weight excluding hydrogens is 520 g/mol. The van der Waals surface area contributed by atoms with E-state index in [-0.39, 0.29) is 0 Å². The Morgan fingerprint density at radius 1 is 0.326 bits per heavy atom. The summed E-state index contributed by atoms with van der Waals surface area (Å²) >= 11 is 0. The molecule has 43 heavy (non-hydrogen) atoms. The second-order valence-electron chi connectivity index (χ2n) is 11.6. The number of furan rings is 1. The predicted molar refractivity (Wildman–Crippen MR) is 184 cm³/mol. The van der Waals surface area contributed by atoms with Crippen molar-refractivity contribution in [2.24, 2.45) is 0 Å². The number of fused-ring (bicyclic) bond motifs is 16. The SMILES string of the molecule is c1ccc2c(c1)ccc1c2oc2cccc(-c3ccc4c(c3)c3ccccc3c3c5ccccc5c5ccccc5c43)c21. The Balaban J connectivity index is 1.36. The molecule has 0 saturated heterocycles. The van der Waals surface area contributed by atoms with Gasteiger partial charge in [-0.25, -0.2) is 0 Å². The summed E-state index contributed by atoms with van der Waals surface area (Å²) in [4.78, 5) is 0. The van der Waals surface area contributed by atoms with E-state index in [2.05, 4.69) is 146 Å². The molecule has 10 aromatic rings. The van der Waals surface area contributed by atoms with Gasteiger partial charge in [0.1, 0.15) is 11.2 Å². The van der Waals surface area contributed by atoms with E-state index in [1.165, 1.54) is 75.8 Å². The van der Waals surface area contributed by atoms with Gasteiger partial charge < -0.3 is 4.42 Å². The lowest BCUT2D eigenvalue weighted by atomic mass is 9.86. The lowest BCUT2D eigenvalue weighted by molar-refractivity contribution is 0.673. The van der Waals surface area contributed by atoms with Gasteiger partial charge in [-0.05, 0) is 88.6 Å². The van der Waals surface area contributed by atoms with E-state index in [9.17, 15) is 0 Å². The molecule has 0 saturated carbocycles. The molecule has 0 N–H and O–H groups in total. The fourth-order valence-corrected chi connectivity index (χ4v) is 7.58. The molecule has 0 spiro atoms. The van der Waals surface area contributed by atoms with Crippen LogP contribution in [0.5, 0.6) is 0 Å². The zero-order chi connectivity index (χ0) is 28.1. The molecule has 9 aromatic carbocycles. The molecule has 1 aromatic heterocycles. The highest BCUT2D eigenvalue weighted by Gasteiger charge is 2.18. The Bertz CT molecular complexity index is 2780. The van der Waals surface area contributed by atoms with E-state index in [0.29, 0.717) is 0 Å². The van der Waals surface area contributed by atoms with Crippen LogP contribution in [0.4, 0.5) is 0 Å². The van der Waals surface area contributed by atoms with E-state index in [1.807, 2.05) is 0 Å². The molecule has 1 nitrogen and oxygen atoms in total. The highest BCUT2D eigenvalue weighted by molar-refractivity contribution is 6.39. The van der Waals surface area contributed by atoms with Crippen molar-refractivity contribution in [2.45, 2.75) is 0 Å². The first kappa shape index (κ1) is 23.0. The van der Waals surface area contributed by atoms with Crippen molar-refractivity contribution in [2.75, 3.05) is 0 Å². The molecule has 0 amide bonds. The quantitative estimate of drug-likeness (QED) is 0.187. The Kier molecular flexibility index (Phi) is 4.51. The minimum absolute atomic E-state index is 0.921. The van der Waals surface area contributed by atoms with E-state index in [1.54, 1.807) is 0 Å². The van der Waals surface area contributed by atoms with E-state index in [4.69, 9.17) is 4.42 Å². The summed E-state index contributed by atoms with van der Waals surface area (Å²) in [7, 11) is 0. The van der Waals surface area contributed by atoms with Crippen LogP contribution in [-0.2, 0) is 0 Å². The third kappa shape index (κ3) is 3.06. The molecule has 0 aliphatic rings. The predicted octanol–water partition coefficient (Wildman–Crippen LogP) is 12.2. The summed E-state index contributed by atoms with van der Waals surface area (Å²) in [6.07, 6.45) is 0. The fraction of sp³-hybridized carbons (Fsp3) is 0. The lowest BCUT2D eigenvalue weighted by Gasteiger charge is -2.17. The van der Waals surface area contributed by atoms with Crippen molar-refractivity contribution in [1.82, 2.24) is 0 Å². The maximum absolute atomic E-state index is 6.53. The van der Waals surface area contributed by atoms with Crippen molar-refractivity contribution in [1.29, 1.82) is 0 Å². The summed E-state index contributed by atoms with van der Waals surface area (Å²) in [6.45, 7) is 0. The Morgan fingerprint density at radius 3 is 1.53 bits per heavy atom. The molecule has 1 heteroatoms. The zero-order valence-corrected chi connectivity index (χ0v) is 23.3. The minimum atomic E-state index is 0.921. The summed E-state index contributed by atoms with van der Waals surface area (Å²) in [5.41, 5.74) is 4.27. The van der Waals surface area contributed by atoms with Crippen LogP contribution in [0.3, 0.4) is 0 Å². The molecule has 0 aliphatic carbocycles. The minimum Gasteiger partial charge on any atom is -0.455 e. The average molecular weight is 545 g/mol. The molecule has 0 bridgehead atoms. The Morgan fingerprint density at radius 2 is 0.860 bits per heavy atom. The van der Waals surface area contributed by atoms with Gasteiger partial charge in [-0.3, -0.25) is 0 Å². The van der Waals surface area contributed by atoms with Crippen LogP contribution in [-0.4, -0.2) is 0 Å². The van der Waals surface area contributed by atoms with Gasteiger partial charge in [0.2, 0.25) is 0 Å². The second kappa shape index (κ2) is 8.44. The zero-order valence-electron chi connectivity index (χ0n) is 23.3. The molecular formula is C42H24O. The summed E-state index contributed by atoms with van der Waals surface area (Å²) in [5, 5.41) is 17.7. The van der Waals surface area contributed by atoms with Crippen molar-refractivity contribution in [3.63, 3.8) is 0 Å². The molecule has 0 fully saturated rings. The van der Waals surface area contributed by atoms with E-state index < -0.39 is 0 Å². The maximum atomic E-state index is 6.53. The molecule has 0 atom stereocenters. The highest BCUT2D eigenvalue weighted by Crippen LogP contribution is 2.46. The van der Waals surface area contributed by atoms with Crippen LogP contribution in [0.1, 0.15) is 0 Å². The fourth-order valence-electron chi connectivity index (χ4n) is 7.58. The van der Waals surface area contributed by atoms with Gasteiger partial charge in [0.25, 0.3) is 0 Å². The first-order valence-corrected chi connectivity index (χ1v) is 14.9. The van der Waals surface area contributed by atoms with Crippen LogP contribution in [0.15, 0.2) is 150 Å². The van der Waals surface area contributed by atoms with Crippen LogP contribution < -0.4 is 0 Å². The van der Waals surface area contributed by atoms with Crippen LogP contribution in [0, 0.1) is 0 Å². The lowest BCUT2D eigenvalue weighted by Crippen LogP contribution is -1.89. The molecule has 1 heterocycles. The molecule has 198 valence electrons. The third-order valence-electron chi connectivity index (χ3n) is 9.41. The molecule has 0 unspecified atom stereocenters. The van der Waals surface area contributed by atoms with E-state index in [0.717, 1.165) is 21.9 Å². The van der Waals surface area contributed by atoms with Gasteiger partial charge in [-0.15, -0.1) is 0 Å². The number of rotatable bonds is 1. The largest absolute Gasteiger partial charge is 0.455 e. The Labute approximate surface area is 247 Å². The van der Waals surface area contributed by atoms with Gasteiger partial charge in [0.05, 0.1) is 0 Å².